The summed E-state index contributed by atoms with van der Waals surface area (Å²) in [5.41, 5.74) is 4.02. The van der Waals surface area contributed by atoms with Gasteiger partial charge in [-0.3, -0.25) is 4.68 Å². The van der Waals surface area contributed by atoms with Crippen LogP contribution >= 0.6 is 0 Å². The van der Waals surface area contributed by atoms with Crippen molar-refractivity contribution in [1.82, 2.24) is 24.3 Å². The molecule has 5 rings (SSSR count). The van der Waals surface area contributed by atoms with Crippen molar-refractivity contribution in [1.29, 1.82) is 0 Å². The first kappa shape index (κ1) is 20.5. The number of benzene rings is 2. The second-order valence-electron chi connectivity index (χ2n) is 7.72. The fourth-order valence-electron chi connectivity index (χ4n) is 3.83. The summed E-state index contributed by atoms with van der Waals surface area (Å²) in [4.78, 5) is 0.0484. The molecule has 3 heterocycles. The van der Waals surface area contributed by atoms with Crippen LogP contribution in [0.25, 0.3) is 23.0 Å². The Morgan fingerprint density at radius 2 is 1.69 bits per heavy atom. The fourth-order valence-corrected chi connectivity index (χ4v) is 5.24. The van der Waals surface area contributed by atoms with Crippen LogP contribution in [0.2, 0.25) is 0 Å². The molecule has 0 radical (unpaired) electrons. The minimum atomic E-state index is -3.79. The van der Waals surface area contributed by atoms with Crippen molar-refractivity contribution in [3.63, 3.8) is 0 Å². The molecule has 0 spiro atoms. The molecule has 1 aliphatic rings. The van der Waals surface area contributed by atoms with Gasteiger partial charge in [-0.1, -0.05) is 17.7 Å². The monoisotopic (exact) mass is 453 g/mol. The van der Waals surface area contributed by atoms with E-state index in [0.717, 1.165) is 34.5 Å². The molecule has 0 aliphatic carbocycles. The second-order valence-corrected chi connectivity index (χ2v) is 9.66. The molecular formula is C22H20FN5O3S. The van der Waals surface area contributed by atoms with E-state index in [4.69, 9.17) is 4.42 Å². The van der Waals surface area contributed by atoms with Gasteiger partial charge < -0.3 is 4.42 Å². The van der Waals surface area contributed by atoms with E-state index in [-0.39, 0.29) is 17.3 Å². The molecule has 0 atom stereocenters. The van der Waals surface area contributed by atoms with Crippen LogP contribution in [0.4, 0.5) is 4.39 Å². The van der Waals surface area contributed by atoms with E-state index in [1.807, 2.05) is 38.2 Å². The Hall–Kier alpha value is -3.37. The third-order valence-corrected chi connectivity index (χ3v) is 7.44. The normalized spacial score (nSPS) is 14.5. The van der Waals surface area contributed by atoms with Gasteiger partial charge in [0.1, 0.15) is 5.82 Å². The van der Waals surface area contributed by atoms with Crippen molar-refractivity contribution in [2.45, 2.75) is 24.8 Å². The standard InChI is InChI=1S/C22H20FN5O3S/c1-14-3-5-15(6-4-14)21-24-25-22(31-21)20-18-13-28(12-11-19(18)27(2)26-20)32(29,30)17-9-7-16(23)8-10-17/h3-10H,11-13H2,1-2H3. The molecule has 4 aromatic rings. The second kappa shape index (κ2) is 7.64. The average Bonchev–Trinajstić information content (AvgIpc) is 3.39. The maximum absolute atomic E-state index is 13.3. The summed E-state index contributed by atoms with van der Waals surface area (Å²) in [6, 6.07) is 12.5. The SMILES string of the molecule is Cc1ccc(-c2nnc(-c3nn(C)c4c3CN(S(=O)(=O)c3ccc(F)cc3)CC4)o2)cc1. The van der Waals surface area contributed by atoms with E-state index in [2.05, 4.69) is 15.3 Å². The summed E-state index contributed by atoms with van der Waals surface area (Å²) < 4.78 is 48.4. The lowest BCUT2D eigenvalue weighted by Crippen LogP contribution is -2.36. The molecule has 0 saturated heterocycles. The number of hydrogen-bond donors (Lipinski definition) is 0. The molecule has 0 unspecified atom stereocenters. The van der Waals surface area contributed by atoms with Gasteiger partial charge in [0.2, 0.25) is 15.9 Å². The number of fused-ring (bicyclic) bond motifs is 1. The molecule has 0 N–H and O–H groups in total. The van der Waals surface area contributed by atoms with Crippen molar-refractivity contribution in [2.75, 3.05) is 6.54 Å². The summed E-state index contributed by atoms with van der Waals surface area (Å²) in [6.07, 6.45) is 0.484. The Morgan fingerprint density at radius 1 is 1.00 bits per heavy atom. The van der Waals surface area contributed by atoms with Crippen molar-refractivity contribution >= 4 is 10.0 Å². The summed E-state index contributed by atoms with van der Waals surface area (Å²) in [5, 5.41) is 12.8. The Labute approximate surface area is 184 Å². The van der Waals surface area contributed by atoms with Crippen LogP contribution in [0.5, 0.6) is 0 Å². The number of aromatic nitrogens is 4. The van der Waals surface area contributed by atoms with Crippen LogP contribution in [0.1, 0.15) is 16.8 Å². The topological polar surface area (TPSA) is 94.1 Å². The Balaban J connectivity index is 1.49. The highest BCUT2D eigenvalue weighted by atomic mass is 32.2. The molecule has 2 aromatic heterocycles. The summed E-state index contributed by atoms with van der Waals surface area (Å²) in [7, 11) is -1.98. The zero-order chi connectivity index (χ0) is 22.5. The van der Waals surface area contributed by atoms with E-state index in [0.29, 0.717) is 24.6 Å². The van der Waals surface area contributed by atoms with Gasteiger partial charge in [0.05, 0.1) is 4.90 Å². The molecule has 10 heteroatoms. The third-order valence-electron chi connectivity index (χ3n) is 5.58. The van der Waals surface area contributed by atoms with E-state index >= 15 is 0 Å². The quantitative estimate of drug-likeness (QED) is 0.471. The molecule has 0 amide bonds. The number of nitrogens with zero attached hydrogens (tertiary/aromatic N) is 5. The highest BCUT2D eigenvalue weighted by molar-refractivity contribution is 7.89. The van der Waals surface area contributed by atoms with Gasteiger partial charge >= 0.3 is 0 Å². The minimum absolute atomic E-state index is 0.0484. The Morgan fingerprint density at radius 3 is 2.41 bits per heavy atom. The van der Waals surface area contributed by atoms with E-state index in [1.165, 1.54) is 16.4 Å². The Bertz CT molecular complexity index is 1390. The minimum Gasteiger partial charge on any atom is -0.415 e. The lowest BCUT2D eigenvalue weighted by Gasteiger charge is -2.26. The molecule has 8 nitrogen and oxygen atoms in total. The van der Waals surface area contributed by atoms with Crippen LogP contribution in [-0.4, -0.2) is 39.2 Å². The van der Waals surface area contributed by atoms with Gasteiger partial charge in [0, 0.05) is 43.4 Å². The number of hydrogen-bond acceptors (Lipinski definition) is 6. The van der Waals surface area contributed by atoms with Crippen LogP contribution in [0.3, 0.4) is 0 Å². The lowest BCUT2D eigenvalue weighted by atomic mass is 10.1. The molecule has 32 heavy (non-hydrogen) atoms. The molecule has 0 saturated carbocycles. The van der Waals surface area contributed by atoms with Gasteiger partial charge in [0.15, 0.2) is 5.69 Å². The van der Waals surface area contributed by atoms with Gasteiger partial charge in [-0.05, 0) is 43.3 Å². The van der Waals surface area contributed by atoms with E-state index in [9.17, 15) is 12.8 Å². The van der Waals surface area contributed by atoms with Gasteiger partial charge in [-0.15, -0.1) is 10.2 Å². The lowest BCUT2D eigenvalue weighted by molar-refractivity contribution is 0.386. The first-order valence-corrected chi connectivity index (χ1v) is 11.5. The predicted octanol–water partition coefficient (Wildman–Crippen LogP) is 3.33. The maximum Gasteiger partial charge on any atom is 0.268 e. The van der Waals surface area contributed by atoms with Gasteiger partial charge in [-0.2, -0.15) is 9.40 Å². The number of halogens is 1. The average molecular weight is 453 g/mol. The smallest absolute Gasteiger partial charge is 0.268 e. The Kier molecular flexibility index (Phi) is 4.90. The summed E-state index contributed by atoms with van der Waals surface area (Å²) in [5.74, 6) is 0.115. The molecule has 0 bridgehead atoms. The van der Waals surface area contributed by atoms with Crippen LogP contribution < -0.4 is 0 Å². The first-order valence-electron chi connectivity index (χ1n) is 10.0. The van der Waals surface area contributed by atoms with Crippen molar-refractivity contribution in [3.05, 3.63) is 71.2 Å². The molecule has 1 aliphatic heterocycles. The highest BCUT2D eigenvalue weighted by Crippen LogP contribution is 2.32. The van der Waals surface area contributed by atoms with Crippen molar-refractivity contribution < 1.29 is 17.2 Å². The summed E-state index contributed by atoms with van der Waals surface area (Å²) >= 11 is 0. The first-order chi connectivity index (χ1) is 15.3. The molecule has 164 valence electrons. The van der Waals surface area contributed by atoms with Crippen LogP contribution in [0.15, 0.2) is 57.8 Å². The zero-order valence-corrected chi connectivity index (χ0v) is 18.3. The van der Waals surface area contributed by atoms with E-state index < -0.39 is 15.8 Å². The molecule has 0 fully saturated rings. The number of aryl methyl sites for hydroxylation is 2. The van der Waals surface area contributed by atoms with E-state index in [1.54, 1.807) is 4.68 Å². The summed E-state index contributed by atoms with van der Waals surface area (Å²) in [6.45, 7) is 2.40. The van der Waals surface area contributed by atoms with Crippen LogP contribution in [0, 0.1) is 12.7 Å². The largest absolute Gasteiger partial charge is 0.415 e. The van der Waals surface area contributed by atoms with Gasteiger partial charge in [0.25, 0.3) is 5.89 Å². The van der Waals surface area contributed by atoms with Crippen molar-refractivity contribution in [2.24, 2.45) is 7.05 Å². The highest BCUT2D eigenvalue weighted by Gasteiger charge is 2.33. The zero-order valence-electron chi connectivity index (χ0n) is 17.5. The number of rotatable bonds is 4. The maximum atomic E-state index is 13.3. The number of sulfonamides is 1. The van der Waals surface area contributed by atoms with Crippen molar-refractivity contribution in [3.8, 4) is 23.0 Å². The molecule has 2 aromatic carbocycles. The van der Waals surface area contributed by atoms with Crippen LogP contribution in [-0.2, 0) is 30.0 Å². The van der Waals surface area contributed by atoms with Gasteiger partial charge in [-0.25, -0.2) is 12.8 Å². The predicted molar refractivity (Wildman–Crippen MR) is 114 cm³/mol. The third kappa shape index (κ3) is 3.51. The fraction of sp³-hybridized carbons (Fsp3) is 0.227. The molecular weight excluding hydrogens is 433 g/mol.